The quantitative estimate of drug-likeness (QED) is 0.740. The lowest BCUT2D eigenvalue weighted by molar-refractivity contribution is 0.645. The van der Waals surface area contributed by atoms with Crippen molar-refractivity contribution in [3.63, 3.8) is 0 Å². The third-order valence-corrected chi connectivity index (χ3v) is 4.95. The van der Waals surface area contributed by atoms with Crippen molar-refractivity contribution in [1.82, 2.24) is 15.2 Å². The number of nitrogens with one attached hydrogen (secondary N) is 1. The maximum Gasteiger partial charge on any atom is 0.249 e. The molecule has 1 saturated heterocycles. The molecule has 0 saturated carbocycles. The molecule has 138 valence electrons. The molecule has 0 atom stereocenters. The molecule has 2 heterocycles. The molecule has 7 heteroatoms. The number of aryl methyl sites for hydroxylation is 1. The zero-order chi connectivity index (χ0) is 18.6. The van der Waals surface area contributed by atoms with E-state index in [0.29, 0.717) is 5.95 Å². The summed E-state index contributed by atoms with van der Waals surface area (Å²) < 4.78 is 0. The van der Waals surface area contributed by atoms with Crippen LogP contribution in [0.15, 0.2) is 54.7 Å². The number of benzene rings is 2. The fraction of sp³-hybridized carbons (Fsp3) is 0.250. The molecule has 1 aromatic heterocycles. The lowest BCUT2D eigenvalue weighted by atomic mass is 10.2. The minimum atomic E-state index is 0.513. The topological polar surface area (TPSA) is 57.2 Å². The van der Waals surface area contributed by atoms with Gasteiger partial charge in [-0.25, -0.2) is 0 Å². The van der Waals surface area contributed by atoms with Crippen LogP contribution >= 0.6 is 11.6 Å². The van der Waals surface area contributed by atoms with E-state index in [1.54, 1.807) is 6.20 Å². The van der Waals surface area contributed by atoms with Gasteiger partial charge in [-0.05, 0) is 36.8 Å². The zero-order valence-electron chi connectivity index (χ0n) is 15.1. The summed E-state index contributed by atoms with van der Waals surface area (Å²) in [6, 6.07) is 16.0. The van der Waals surface area contributed by atoms with Gasteiger partial charge in [-0.1, -0.05) is 35.9 Å². The Balaban J connectivity index is 1.43. The van der Waals surface area contributed by atoms with Crippen molar-refractivity contribution in [3.05, 3.63) is 65.3 Å². The molecule has 1 aliphatic heterocycles. The standard InChI is InChI=1S/C20H21ClN6/c1-15-5-2-3-8-18(15)23-20-24-19(14-22-25-20)27-11-9-26(10-12-27)17-7-4-6-16(21)13-17/h2-8,13-14H,9-12H2,1H3,(H,23,24,25). The van der Waals surface area contributed by atoms with E-state index in [1.165, 1.54) is 0 Å². The summed E-state index contributed by atoms with van der Waals surface area (Å²) >= 11 is 6.11. The van der Waals surface area contributed by atoms with Crippen molar-refractivity contribution < 1.29 is 0 Å². The lowest BCUT2D eigenvalue weighted by Crippen LogP contribution is -2.46. The Morgan fingerprint density at radius 1 is 0.963 bits per heavy atom. The van der Waals surface area contributed by atoms with Crippen molar-refractivity contribution in [3.8, 4) is 0 Å². The van der Waals surface area contributed by atoms with Gasteiger partial charge in [0.15, 0.2) is 5.82 Å². The molecule has 0 unspecified atom stereocenters. The van der Waals surface area contributed by atoms with Crippen LogP contribution < -0.4 is 15.1 Å². The highest BCUT2D eigenvalue weighted by molar-refractivity contribution is 6.30. The molecule has 4 rings (SSSR count). The van der Waals surface area contributed by atoms with Crippen LogP contribution in [0, 0.1) is 6.92 Å². The van der Waals surface area contributed by atoms with Crippen molar-refractivity contribution in [2.24, 2.45) is 0 Å². The molecule has 0 bridgehead atoms. The first-order valence-electron chi connectivity index (χ1n) is 8.97. The maximum atomic E-state index is 6.11. The highest BCUT2D eigenvalue weighted by Crippen LogP contribution is 2.23. The minimum Gasteiger partial charge on any atom is -0.368 e. The summed E-state index contributed by atoms with van der Waals surface area (Å²) in [5.41, 5.74) is 3.29. The smallest absolute Gasteiger partial charge is 0.249 e. The largest absolute Gasteiger partial charge is 0.368 e. The molecular formula is C20H21ClN6. The fourth-order valence-corrected chi connectivity index (χ4v) is 3.38. The predicted molar refractivity (Wildman–Crippen MR) is 110 cm³/mol. The second-order valence-corrected chi connectivity index (χ2v) is 6.97. The summed E-state index contributed by atoms with van der Waals surface area (Å²) in [5, 5.41) is 12.3. The van der Waals surface area contributed by atoms with Gasteiger partial charge in [-0.3, -0.25) is 0 Å². The first-order valence-corrected chi connectivity index (χ1v) is 9.35. The Hall–Kier alpha value is -2.86. The number of rotatable bonds is 4. The van der Waals surface area contributed by atoms with Gasteiger partial charge in [0.05, 0.1) is 6.20 Å². The second kappa shape index (κ2) is 7.80. The van der Waals surface area contributed by atoms with E-state index in [1.807, 2.05) is 36.4 Å². The Kier molecular flexibility index (Phi) is 5.07. The second-order valence-electron chi connectivity index (χ2n) is 6.53. The monoisotopic (exact) mass is 380 g/mol. The van der Waals surface area contributed by atoms with E-state index in [4.69, 9.17) is 11.6 Å². The normalized spacial score (nSPS) is 14.3. The molecule has 2 aromatic carbocycles. The Bertz CT molecular complexity index is 924. The number of piperazine rings is 1. The number of halogens is 1. The van der Waals surface area contributed by atoms with E-state index in [0.717, 1.165) is 54.0 Å². The minimum absolute atomic E-state index is 0.513. The number of hydrogen-bond donors (Lipinski definition) is 1. The van der Waals surface area contributed by atoms with Crippen molar-refractivity contribution in [1.29, 1.82) is 0 Å². The summed E-state index contributed by atoms with van der Waals surface area (Å²) in [7, 11) is 0. The maximum absolute atomic E-state index is 6.11. The Morgan fingerprint density at radius 2 is 1.74 bits per heavy atom. The molecular weight excluding hydrogens is 360 g/mol. The van der Waals surface area contributed by atoms with Gasteiger partial charge in [-0.2, -0.15) is 10.1 Å². The van der Waals surface area contributed by atoms with Gasteiger partial charge >= 0.3 is 0 Å². The van der Waals surface area contributed by atoms with Crippen molar-refractivity contribution in [2.75, 3.05) is 41.3 Å². The van der Waals surface area contributed by atoms with Crippen LogP contribution in [-0.4, -0.2) is 41.4 Å². The number of para-hydroxylation sites is 1. The first-order chi connectivity index (χ1) is 13.2. The lowest BCUT2D eigenvalue weighted by Gasteiger charge is -2.36. The summed E-state index contributed by atoms with van der Waals surface area (Å²) in [4.78, 5) is 9.22. The van der Waals surface area contributed by atoms with Crippen molar-refractivity contribution >= 4 is 34.7 Å². The number of anilines is 4. The van der Waals surface area contributed by atoms with E-state index in [9.17, 15) is 0 Å². The zero-order valence-corrected chi connectivity index (χ0v) is 15.9. The van der Waals surface area contributed by atoms with Crippen LogP contribution in [0.5, 0.6) is 0 Å². The van der Waals surface area contributed by atoms with E-state index in [2.05, 4.69) is 49.4 Å². The van der Waals surface area contributed by atoms with Crippen LogP contribution in [0.25, 0.3) is 0 Å². The van der Waals surface area contributed by atoms with Crippen molar-refractivity contribution in [2.45, 2.75) is 6.92 Å². The molecule has 0 radical (unpaired) electrons. The van der Waals surface area contributed by atoms with E-state index < -0.39 is 0 Å². The molecule has 6 nitrogen and oxygen atoms in total. The fourth-order valence-electron chi connectivity index (χ4n) is 3.20. The molecule has 1 fully saturated rings. The molecule has 1 N–H and O–H groups in total. The highest BCUT2D eigenvalue weighted by atomic mass is 35.5. The Morgan fingerprint density at radius 3 is 2.52 bits per heavy atom. The SMILES string of the molecule is Cc1ccccc1Nc1nncc(N2CCN(c3cccc(Cl)c3)CC2)n1. The van der Waals surface area contributed by atoms with Gasteiger partial charge < -0.3 is 15.1 Å². The molecule has 0 spiro atoms. The summed E-state index contributed by atoms with van der Waals surface area (Å²) in [6.07, 6.45) is 1.72. The molecule has 1 aliphatic rings. The van der Waals surface area contributed by atoms with Gasteiger partial charge in [0.25, 0.3) is 0 Å². The van der Waals surface area contributed by atoms with Gasteiger partial charge in [0.2, 0.25) is 5.95 Å². The summed E-state index contributed by atoms with van der Waals surface area (Å²) in [5.74, 6) is 1.35. The first kappa shape index (κ1) is 17.5. The molecule has 0 aliphatic carbocycles. The molecule has 3 aromatic rings. The van der Waals surface area contributed by atoms with E-state index >= 15 is 0 Å². The van der Waals surface area contributed by atoms with Crippen LogP contribution in [0.3, 0.4) is 0 Å². The van der Waals surface area contributed by atoms with Crippen LogP contribution in [0.2, 0.25) is 5.02 Å². The van der Waals surface area contributed by atoms with Crippen LogP contribution in [-0.2, 0) is 0 Å². The van der Waals surface area contributed by atoms with Gasteiger partial charge in [0, 0.05) is 42.6 Å². The Labute approximate surface area is 163 Å². The van der Waals surface area contributed by atoms with Crippen LogP contribution in [0.1, 0.15) is 5.56 Å². The third kappa shape index (κ3) is 4.11. The van der Waals surface area contributed by atoms with Gasteiger partial charge in [0.1, 0.15) is 0 Å². The van der Waals surface area contributed by atoms with Gasteiger partial charge in [-0.15, -0.1) is 5.10 Å². The molecule has 27 heavy (non-hydrogen) atoms. The predicted octanol–water partition coefficient (Wildman–Crippen LogP) is 3.90. The average Bonchev–Trinajstić information content (AvgIpc) is 2.70. The third-order valence-electron chi connectivity index (χ3n) is 4.71. The number of hydrogen-bond acceptors (Lipinski definition) is 6. The number of aromatic nitrogens is 3. The highest BCUT2D eigenvalue weighted by Gasteiger charge is 2.19. The van der Waals surface area contributed by atoms with E-state index in [-0.39, 0.29) is 0 Å². The molecule has 0 amide bonds. The number of nitrogens with zero attached hydrogens (tertiary/aromatic N) is 5. The average molecular weight is 381 g/mol. The van der Waals surface area contributed by atoms with Crippen LogP contribution in [0.4, 0.5) is 23.1 Å². The summed E-state index contributed by atoms with van der Waals surface area (Å²) in [6.45, 7) is 5.61.